The molecule has 0 saturated heterocycles. The van der Waals surface area contributed by atoms with Crippen LogP contribution in [0.3, 0.4) is 0 Å². The Morgan fingerprint density at radius 1 is 1.38 bits per heavy atom. The van der Waals surface area contributed by atoms with Crippen molar-refractivity contribution >= 4 is 12.4 Å². The molecular weight excluding hydrogens is 189 g/mol. The van der Waals surface area contributed by atoms with Crippen LogP contribution in [-0.2, 0) is 12.8 Å². The van der Waals surface area contributed by atoms with Gasteiger partial charge in [0.25, 0.3) is 0 Å². The summed E-state index contributed by atoms with van der Waals surface area (Å²) in [5.74, 6) is -0.0700. The molecule has 1 nitrogen and oxygen atoms in total. The van der Waals surface area contributed by atoms with Crippen LogP contribution >= 0.6 is 12.4 Å². The van der Waals surface area contributed by atoms with Gasteiger partial charge in [0.1, 0.15) is 5.82 Å². The summed E-state index contributed by atoms with van der Waals surface area (Å²) in [7, 11) is 0. The van der Waals surface area contributed by atoms with E-state index >= 15 is 0 Å². The first-order chi connectivity index (χ1) is 5.77. The van der Waals surface area contributed by atoms with Crippen LogP contribution in [0.4, 0.5) is 4.39 Å². The highest BCUT2D eigenvalue weighted by atomic mass is 35.5. The lowest BCUT2D eigenvalue weighted by molar-refractivity contribution is 0.537. The Morgan fingerprint density at radius 3 is 2.92 bits per heavy atom. The van der Waals surface area contributed by atoms with Crippen LogP contribution < -0.4 is 5.73 Å². The van der Waals surface area contributed by atoms with E-state index in [2.05, 4.69) is 0 Å². The van der Waals surface area contributed by atoms with E-state index in [0.29, 0.717) is 0 Å². The summed E-state index contributed by atoms with van der Waals surface area (Å²) in [4.78, 5) is 0. The quantitative estimate of drug-likeness (QED) is 0.683. The summed E-state index contributed by atoms with van der Waals surface area (Å²) in [5, 5.41) is 0. The zero-order valence-corrected chi connectivity index (χ0v) is 8.11. The lowest BCUT2D eigenvalue weighted by Crippen LogP contribution is -2.28. The number of hydrogen-bond acceptors (Lipinski definition) is 1. The summed E-state index contributed by atoms with van der Waals surface area (Å²) < 4.78 is 13.2. The third-order valence-electron chi connectivity index (χ3n) is 2.46. The zero-order valence-electron chi connectivity index (χ0n) is 7.29. The molecule has 0 spiro atoms. The standard InChI is InChI=1S/C10H12FN.ClH/c11-10-3-1-2-7-6-8(12)4-5-9(7)10;/h1-3,8H,4-6,12H2;1H. The van der Waals surface area contributed by atoms with Crippen molar-refractivity contribution in [3.8, 4) is 0 Å². The molecule has 1 aromatic rings. The van der Waals surface area contributed by atoms with Crippen LogP contribution in [0.15, 0.2) is 18.2 Å². The maximum absolute atomic E-state index is 13.2. The van der Waals surface area contributed by atoms with Gasteiger partial charge in [-0.25, -0.2) is 4.39 Å². The van der Waals surface area contributed by atoms with E-state index in [1.54, 1.807) is 6.07 Å². The molecule has 0 heterocycles. The van der Waals surface area contributed by atoms with E-state index in [1.165, 1.54) is 6.07 Å². The molecule has 0 aliphatic heterocycles. The molecule has 0 bridgehead atoms. The fourth-order valence-electron chi connectivity index (χ4n) is 1.79. The van der Waals surface area contributed by atoms with Gasteiger partial charge in [-0.2, -0.15) is 0 Å². The van der Waals surface area contributed by atoms with Gasteiger partial charge in [0.15, 0.2) is 0 Å². The number of fused-ring (bicyclic) bond motifs is 1. The van der Waals surface area contributed by atoms with Crippen LogP contribution in [0.25, 0.3) is 0 Å². The van der Waals surface area contributed by atoms with Gasteiger partial charge in [0, 0.05) is 6.04 Å². The van der Waals surface area contributed by atoms with Crippen molar-refractivity contribution in [2.24, 2.45) is 5.73 Å². The van der Waals surface area contributed by atoms with Crippen molar-refractivity contribution in [3.05, 3.63) is 35.1 Å². The molecule has 0 radical (unpaired) electrons. The Labute approximate surface area is 83.5 Å². The molecule has 72 valence electrons. The average Bonchev–Trinajstić information content (AvgIpc) is 2.04. The predicted octanol–water partition coefficient (Wildman–Crippen LogP) is 2.06. The number of halogens is 2. The average molecular weight is 202 g/mol. The summed E-state index contributed by atoms with van der Waals surface area (Å²) in [6, 6.07) is 5.47. The van der Waals surface area contributed by atoms with Crippen molar-refractivity contribution in [2.45, 2.75) is 25.3 Å². The van der Waals surface area contributed by atoms with Crippen molar-refractivity contribution in [2.75, 3.05) is 0 Å². The van der Waals surface area contributed by atoms with Gasteiger partial charge in [-0.05, 0) is 36.5 Å². The maximum atomic E-state index is 13.2. The second-order valence-electron chi connectivity index (χ2n) is 3.38. The molecule has 0 saturated carbocycles. The van der Waals surface area contributed by atoms with Crippen LogP contribution in [-0.4, -0.2) is 6.04 Å². The molecule has 13 heavy (non-hydrogen) atoms. The van der Waals surface area contributed by atoms with E-state index in [-0.39, 0.29) is 24.3 Å². The Hall–Kier alpha value is -0.600. The van der Waals surface area contributed by atoms with Crippen LogP contribution in [0.5, 0.6) is 0 Å². The van der Waals surface area contributed by atoms with Gasteiger partial charge in [0.2, 0.25) is 0 Å². The molecule has 1 aliphatic rings. The van der Waals surface area contributed by atoms with Gasteiger partial charge >= 0.3 is 0 Å². The van der Waals surface area contributed by atoms with Crippen molar-refractivity contribution in [3.63, 3.8) is 0 Å². The number of benzene rings is 1. The third kappa shape index (κ3) is 2.01. The molecule has 0 amide bonds. The Bertz CT molecular complexity index is 301. The van der Waals surface area contributed by atoms with Gasteiger partial charge in [-0.3, -0.25) is 0 Å². The monoisotopic (exact) mass is 201 g/mol. The molecule has 1 unspecified atom stereocenters. The summed E-state index contributed by atoms with van der Waals surface area (Å²) in [6.45, 7) is 0. The maximum Gasteiger partial charge on any atom is 0.126 e. The molecule has 0 aromatic heterocycles. The Balaban J connectivity index is 0.000000845. The molecule has 0 fully saturated rings. The minimum atomic E-state index is -0.0700. The van der Waals surface area contributed by atoms with Gasteiger partial charge in [-0.15, -0.1) is 12.4 Å². The van der Waals surface area contributed by atoms with Gasteiger partial charge in [0.05, 0.1) is 0 Å². The lowest BCUT2D eigenvalue weighted by atomic mass is 9.88. The van der Waals surface area contributed by atoms with E-state index in [1.807, 2.05) is 6.07 Å². The number of nitrogens with two attached hydrogens (primary N) is 1. The minimum Gasteiger partial charge on any atom is -0.327 e. The Morgan fingerprint density at radius 2 is 2.15 bits per heavy atom. The topological polar surface area (TPSA) is 26.0 Å². The molecule has 3 heteroatoms. The first-order valence-corrected chi connectivity index (χ1v) is 4.29. The molecular formula is C10H13ClFN. The van der Waals surface area contributed by atoms with Gasteiger partial charge < -0.3 is 5.73 Å². The van der Waals surface area contributed by atoms with Crippen molar-refractivity contribution < 1.29 is 4.39 Å². The Kier molecular flexibility index (Phi) is 3.28. The lowest BCUT2D eigenvalue weighted by Gasteiger charge is -2.21. The SMILES string of the molecule is Cl.NC1CCc2c(F)cccc2C1. The molecule has 2 rings (SSSR count). The second kappa shape index (κ2) is 4.07. The first-order valence-electron chi connectivity index (χ1n) is 4.29. The van der Waals surface area contributed by atoms with E-state index in [9.17, 15) is 4.39 Å². The highest BCUT2D eigenvalue weighted by Gasteiger charge is 2.17. The second-order valence-corrected chi connectivity index (χ2v) is 3.38. The predicted molar refractivity (Wildman–Crippen MR) is 53.6 cm³/mol. The molecule has 1 aliphatic carbocycles. The smallest absolute Gasteiger partial charge is 0.126 e. The fraction of sp³-hybridized carbons (Fsp3) is 0.400. The van der Waals surface area contributed by atoms with Crippen LogP contribution in [0, 0.1) is 5.82 Å². The number of rotatable bonds is 0. The highest BCUT2D eigenvalue weighted by molar-refractivity contribution is 5.85. The zero-order chi connectivity index (χ0) is 8.55. The van der Waals surface area contributed by atoms with E-state index in [4.69, 9.17) is 5.73 Å². The summed E-state index contributed by atoms with van der Waals surface area (Å²) >= 11 is 0. The summed E-state index contributed by atoms with van der Waals surface area (Å²) in [5.41, 5.74) is 7.74. The largest absolute Gasteiger partial charge is 0.327 e. The molecule has 1 aromatic carbocycles. The van der Waals surface area contributed by atoms with Crippen LogP contribution in [0.1, 0.15) is 17.5 Å². The van der Waals surface area contributed by atoms with Crippen LogP contribution in [0.2, 0.25) is 0 Å². The first kappa shape index (κ1) is 10.5. The number of hydrogen-bond donors (Lipinski definition) is 1. The van der Waals surface area contributed by atoms with Gasteiger partial charge in [-0.1, -0.05) is 12.1 Å². The fourth-order valence-corrected chi connectivity index (χ4v) is 1.79. The third-order valence-corrected chi connectivity index (χ3v) is 2.46. The van der Waals surface area contributed by atoms with E-state index in [0.717, 1.165) is 30.4 Å². The van der Waals surface area contributed by atoms with Crippen molar-refractivity contribution in [1.82, 2.24) is 0 Å². The normalized spacial score (nSPS) is 20.3. The highest BCUT2D eigenvalue weighted by Crippen LogP contribution is 2.22. The van der Waals surface area contributed by atoms with E-state index < -0.39 is 0 Å². The molecule has 1 atom stereocenters. The molecule has 2 N–H and O–H groups in total. The van der Waals surface area contributed by atoms with Crippen molar-refractivity contribution in [1.29, 1.82) is 0 Å². The minimum absolute atomic E-state index is 0. The summed E-state index contributed by atoms with van der Waals surface area (Å²) in [6.07, 6.45) is 2.53.